The molecule has 2 aliphatic rings. The Balaban J connectivity index is 1.43. The van der Waals surface area contributed by atoms with Crippen molar-refractivity contribution in [2.75, 3.05) is 0 Å². The highest BCUT2D eigenvalue weighted by Crippen LogP contribution is 2.34. The number of hydrogen-bond acceptors (Lipinski definition) is 4. The molecule has 5 atom stereocenters. The minimum Gasteiger partial charge on any atom is -0.391 e. The Bertz CT molecular complexity index is 835. The van der Waals surface area contributed by atoms with Gasteiger partial charge < -0.3 is 20.8 Å². The summed E-state index contributed by atoms with van der Waals surface area (Å²) >= 11 is 0. The van der Waals surface area contributed by atoms with Crippen molar-refractivity contribution in [2.24, 2.45) is 0 Å². The van der Waals surface area contributed by atoms with E-state index in [0.29, 0.717) is 12.5 Å². The molecule has 0 fully saturated rings. The topological polar surface area (TPSA) is 64.5 Å². The van der Waals surface area contributed by atoms with Crippen molar-refractivity contribution in [3.8, 4) is 0 Å². The molecule has 4 N–H and O–H groups in total. The van der Waals surface area contributed by atoms with E-state index in [-0.39, 0.29) is 30.3 Å². The van der Waals surface area contributed by atoms with Crippen LogP contribution in [0.25, 0.3) is 0 Å². The van der Waals surface area contributed by atoms with Gasteiger partial charge in [0.1, 0.15) is 0 Å². The Hall–Kier alpha value is -1.72. The van der Waals surface area contributed by atoms with Gasteiger partial charge in [0.15, 0.2) is 0 Å². The number of nitrogens with one attached hydrogen (secondary N) is 2. The molecule has 4 nitrogen and oxygen atoms in total. The predicted molar refractivity (Wildman–Crippen MR) is 112 cm³/mol. The molecule has 0 bridgehead atoms. The number of benzene rings is 2. The average Bonchev–Trinajstić information content (AvgIpc) is 3.11. The Kier molecular flexibility index (Phi) is 5.57. The maximum absolute atomic E-state index is 10.5. The molecule has 4 heteroatoms. The van der Waals surface area contributed by atoms with E-state index in [1.54, 1.807) is 0 Å². The van der Waals surface area contributed by atoms with Gasteiger partial charge in [0.25, 0.3) is 0 Å². The van der Waals surface area contributed by atoms with Gasteiger partial charge in [-0.1, -0.05) is 56.3 Å². The summed E-state index contributed by atoms with van der Waals surface area (Å²) in [6.45, 7) is 6.41. The number of rotatable bonds is 6. The van der Waals surface area contributed by atoms with Gasteiger partial charge >= 0.3 is 0 Å². The van der Waals surface area contributed by atoms with Gasteiger partial charge in [-0.3, -0.25) is 0 Å². The molecule has 0 aromatic heterocycles. The molecular weight excluding hydrogens is 348 g/mol. The van der Waals surface area contributed by atoms with Crippen molar-refractivity contribution < 1.29 is 10.2 Å². The van der Waals surface area contributed by atoms with Crippen LogP contribution in [0.1, 0.15) is 60.7 Å². The molecule has 0 radical (unpaired) electrons. The molecule has 150 valence electrons. The standard InChI is InChI=1S/C24H32N2O2/c1-14(2)25-23-20-9-8-16(11-18(20)13-22(23)28)10-15(3)26-24-19-7-5-4-6-17(19)12-21(24)27/h4-9,11,14-15,21-28H,10,12-13H2,1-3H3/t15?,21-,22-,23+,24-/m1/s1. The summed E-state index contributed by atoms with van der Waals surface area (Å²) in [6.07, 6.45) is 1.62. The van der Waals surface area contributed by atoms with Crippen LogP contribution in [0, 0.1) is 0 Å². The summed E-state index contributed by atoms with van der Waals surface area (Å²) in [5.41, 5.74) is 6.22. The second-order valence-electron chi connectivity index (χ2n) is 8.82. The van der Waals surface area contributed by atoms with Crippen LogP contribution in [0.15, 0.2) is 42.5 Å². The molecule has 2 aromatic rings. The number of fused-ring (bicyclic) bond motifs is 2. The predicted octanol–water partition coefficient (Wildman–Crippen LogP) is 2.82. The summed E-state index contributed by atoms with van der Waals surface area (Å²) < 4.78 is 0. The third-order valence-corrected chi connectivity index (χ3v) is 6.08. The van der Waals surface area contributed by atoms with Crippen LogP contribution in [0.2, 0.25) is 0 Å². The normalized spacial score (nSPS) is 27.1. The summed E-state index contributed by atoms with van der Waals surface area (Å²) in [4.78, 5) is 0. The van der Waals surface area contributed by atoms with Gasteiger partial charge in [0.05, 0.1) is 24.3 Å². The monoisotopic (exact) mass is 380 g/mol. The Morgan fingerprint density at radius 3 is 2.25 bits per heavy atom. The minimum atomic E-state index is -0.363. The molecule has 4 rings (SSSR count). The van der Waals surface area contributed by atoms with E-state index in [1.807, 2.05) is 12.1 Å². The molecule has 0 aliphatic heterocycles. The van der Waals surface area contributed by atoms with Crippen molar-refractivity contribution in [1.29, 1.82) is 0 Å². The molecule has 0 saturated carbocycles. The molecule has 28 heavy (non-hydrogen) atoms. The first-order valence-corrected chi connectivity index (χ1v) is 10.5. The maximum atomic E-state index is 10.5. The lowest BCUT2D eigenvalue weighted by Gasteiger charge is -2.24. The van der Waals surface area contributed by atoms with Crippen LogP contribution < -0.4 is 10.6 Å². The second-order valence-corrected chi connectivity index (χ2v) is 8.82. The smallest absolute Gasteiger partial charge is 0.0775 e. The SMILES string of the molecule is CC(C)N[C@H]1c2ccc(CC(C)N[C@@H]3c4ccccc4C[C@H]3O)cc2C[C@H]1O. The van der Waals surface area contributed by atoms with Crippen molar-refractivity contribution in [3.05, 3.63) is 70.3 Å². The minimum absolute atomic E-state index is 0.00192. The first-order valence-electron chi connectivity index (χ1n) is 10.5. The lowest BCUT2D eigenvalue weighted by molar-refractivity contribution is 0.135. The van der Waals surface area contributed by atoms with Crippen LogP contribution in [0.5, 0.6) is 0 Å². The van der Waals surface area contributed by atoms with E-state index in [2.05, 4.69) is 61.7 Å². The first kappa shape index (κ1) is 19.6. The number of hydrogen-bond donors (Lipinski definition) is 4. The van der Waals surface area contributed by atoms with Crippen LogP contribution in [0.3, 0.4) is 0 Å². The van der Waals surface area contributed by atoms with E-state index in [0.717, 1.165) is 12.8 Å². The molecule has 0 spiro atoms. The van der Waals surface area contributed by atoms with Gasteiger partial charge in [-0.25, -0.2) is 0 Å². The summed E-state index contributed by atoms with van der Waals surface area (Å²) in [7, 11) is 0. The van der Waals surface area contributed by atoms with Gasteiger partial charge in [0.2, 0.25) is 0 Å². The van der Waals surface area contributed by atoms with E-state index in [1.165, 1.54) is 27.8 Å². The van der Waals surface area contributed by atoms with Crippen LogP contribution >= 0.6 is 0 Å². The van der Waals surface area contributed by atoms with E-state index < -0.39 is 0 Å². The third kappa shape index (κ3) is 3.87. The van der Waals surface area contributed by atoms with Gasteiger partial charge in [-0.15, -0.1) is 0 Å². The molecule has 2 aliphatic carbocycles. The number of aliphatic hydroxyl groups is 2. The van der Waals surface area contributed by atoms with Crippen molar-refractivity contribution in [3.63, 3.8) is 0 Å². The quantitative estimate of drug-likeness (QED) is 0.622. The molecule has 0 saturated heterocycles. The lowest BCUT2D eigenvalue weighted by Crippen LogP contribution is -2.36. The molecule has 0 amide bonds. The summed E-state index contributed by atoms with van der Waals surface area (Å²) in [5, 5.41) is 28.0. The van der Waals surface area contributed by atoms with Crippen molar-refractivity contribution in [1.82, 2.24) is 10.6 Å². The van der Waals surface area contributed by atoms with Crippen molar-refractivity contribution in [2.45, 2.75) is 76.4 Å². The Morgan fingerprint density at radius 2 is 1.50 bits per heavy atom. The average molecular weight is 381 g/mol. The summed E-state index contributed by atoms with van der Waals surface area (Å²) in [5.74, 6) is 0. The third-order valence-electron chi connectivity index (χ3n) is 6.08. The number of aliphatic hydroxyl groups excluding tert-OH is 2. The molecule has 1 unspecified atom stereocenters. The Labute approximate surface area is 168 Å². The highest BCUT2D eigenvalue weighted by atomic mass is 16.3. The zero-order valence-corrected chi connectivity index (χ0v) is 17.0. The van der Waals surface area contributed by atoms with Crippen molar-refractivity contribution >= 4 is 0 Å². The van der Waals surface area contributed by atoms with Crippen LogP contribution in [0.4, 0.5) is 0 Å². The first-order chi connectivity index (χ1) is 13.4. The van der Waals surface area contributed by atoms with Crippen LogP contribution in [-0.4, -0.2) is 34.5 Å². The maximum Gasteiger partial charge on any atom is 0.0775 e. The molecule has 0 heterocycles. The van der Waals surface area contributed by atoms with Gasteiger partial charge in [-0.2, -0.15) is 0 Å². The summed E-state index contributed by atoms with van der Waals surface area (Å²) in [6, 6.07) is 15.5. The fraction of sp³-hybridized carbons (Fsp3) is 0.500. The highest BCUT2D eigenvalue weighted by Gasteiger charge is 2.33. The lowest BCUT2D eigenvalue weighted by atomic mass is 9.99. The molecule has 2 aromatic carbocycles. The van der Waals surface area contributed by atoms with E-state index in [9.17, 15) is 10.2 Å². The highest BCUT2D eigenvalue weighted by molar-refractivity contribution is 5.40. The zero-order chi connectivity index (χ0) is 19.8. The zero-order valence-electron chi connectivity index (χ0n) is 17.0. The van der Waals surface area contributed by atoms with E-state index in [4.69, 9.17) is 0 Å². The fourth-order valence-corrected chi connectivity index (χ4v) is 4.87. The van der Waals surface area contributed by atoms with E-state index >= 15 is 0 Å². The van der Waals surface area contributed by atoms with Crippen LogP contribution in [-0.2, 0) is 19.3 Å². The Morgan fingerprint density at radius 1 is 0.857 bits per heavy atom. The fourth-order valence-electron chi connectivity index (χ4n) is 4.87. The van der Waals surface area contributed by atoms with Gasteiger partial charge in [0, 0.05) is 24.9 Å². The molecular formula is C24H32N2O2. The van der Waals surface area contributed by atoms with Gasteiger partial charge in [-0.05, 0) is 41.2 Å². The second kappa shape index (κ2) is 7.96. The largest absolute Gasteiger partial charge is 0.391 e.